The summed E-state index contributed by atoms with van der Waals surface area (Å²) in [5, 5.41) is 14.2. The van der Waals surface area contributed by atoms with E-state index in [0.29, 0.717) is 10.6 Å². The number of aryl methyl sites for hydroxylation is 1. The van der Waals surface area contributed by atoms with Gasteiger partial charge in [-0.2, -0.15) is 0 Å². The molecule has 0 aliphatic carbocycles. The van der Waals surface area contributed by atoms with Gasteiger partial charge < -0.3 is 0 Å². The van der Waals surface area contributed by atoms with E-state index in [1.807, 2.05) is 6.92 Å². The Hall–Kier alpha value is -2.21. The van der Waals surface area contributed by atoms with Crippen molar-refractivity contribution in [2.45, 2.75) is 6.92 Å². The molecule has 92 valence electrons. The van der Waals surface area contributed by atoms with Crippen molar-refractivity contribution in [2.75, 3.05) is 5.32 Å². The van der Waals surface area contributed by atoms with Crippen molar-refractivity contribution in [3.63, 3.8) is 0 Å². The van der Waals surface area contributed by atoms with Crippen LogP contribution in [0, 0.1) is 6.92 Å². The maximum absolute atomic E-state index is 11.9. The number of carbonyl (C=O) groups is 1. The summed E-state index contributed by atoms with van der Waals surface area (Å²) in [6.45, 7) is 5.33. The first-order chi connectivity index (χ1) is 8.60. The molecule has 1 aromatic heterocycles. The van der Waals surface area contributed by atoms with Crippen LogP contribution in [0.1, 0.15) is 15.9 Å². The Morgan fingerprint density at radius 1 is 1.56 bits per heavy atom. The molecule has 0 aliphatic rings. The zero-order valence-corrected chi connectivity index (χ0v) is 10.3. The highest BCUT2D eigenvalue weighted by Gasteiger charge is 2.10. The molecule has 0 radical (unpaired) electrons. The van der Waals surface area contributed by atoms with Gasteiger partial charge in [-0.25, -0.2) is 0 Å². The van der Waals surface area contributed by atoms with Crippen LogP contribution in [-0.2, 0) is 0 Å². The molecule has 1 N–H and O–H groups in total. The first-order valence-corrected chi connectivity index (χ1v) is 5.47. The van der Waals surface area contributed by atoms with Crippen LogP contribution >= 0.6 is 11.6 Å². The molecule has 1 heterocycles. The van der Waals surface area contributed by atoms with Gasteiger partial charge in [-0.15, -0.1) is 9.90 Å². The van der Waals surface area contributed by atoms with Crippen molar-refractivity contribution in [2.24, 2.45) is 0 Å². The minimum Gasteiger partial charge on any atom is -0.288 e. The lowest BCUT2D eigenvalue weighted by molar-refractivity contribution is 0.102. The Morgan fingerprint density at radius 2 is 2.33 bits per heavy atom. The van der Waals surface area contributed by atoms with Gasteiger partial charge in [-0.1, -0.05) is 29.3 Å². The highest BCUT2D eigenvalue weighted by atomic mass is 35.5. The Kier molecular flexibility index (Phi) is 3.38. The van der Waals surface area contributed by atoms with Gasteiger partial charge >= 0.3 is 0 Å². The fraction of sp³-hybridized carbons (Fsp3) is 0.0909. The number of nitrogens with one attached hydrogen (secondary N) is 1. The number of amides is 1. The summed E-state index contributed by atoms with van der Waals surface area (Å²) in [4.78, 5) is 13.0. The van der Waals surface area contributed by atoms with Gasteiger partial charge in [0.1, 0.15) is 0 Å². The Morgan fingerprint density at radius 3 is 2.94 bits per heavy atom. The number of benzene rings is 1. The fourth-order valence-corrected chi connectivity index (χ4v) is 1.44. The molecule has 0 fully saturated rings. The maximum atomic E-state index is 11.9. The number of hydrogen-bond donors (Lipinski definition) is 1. The van der Waals surface area contributed by atoms with Crippen molar-refractivity contribution < 1.29 is 4.79 Å². The summed E-state index contributed by atoms with van der Waals surface area (Å²) in [5.41, 5.74) is 1.34. The fourth-order valence-electron chi connectivity index (χ4n) is 1.26. The lowest BCUT2D eigenvalue weighted by atomic mass is 10.1. The molecule has 0 saturated carbocycles. The number of nitrogens with zero attached hydrogens (tertiary/aromatic N) is 4. The summed E-state index contributed by atoms with van der Waals surface area (Å²) in [5.74, 6) is -0.239. The molecule has 0 bridgehead atoms. The number of tetrazole rings is 1. The first kappa shape index (κ1) is 12.3. The van der Waals surface area contributed by atoms with E-state index in [9.17, 15) is 4.79 Å². The Balaban J connectivity index is 2.16. The molecule has 0 saturated heterocycles. The van der Waals surface area contributed by atoms with Gasteiger partial charge in [-0.05, 0) is 29.8 Å². The average molecular weight is 264 g/mol. The number of anilines is 1. The van der Waals surface area contributed by atoms with Gasteiger partial charge in [0.2, 0.25) is 0 Å². The quantitative estimate of drug-likeness (QED) is 0.919. The SMILES string of the molecule is C=Cn1nnc(NC(=O)c2ccc(C)c(Cl)c2)n1. The van der Waals surface area contributed by atoms with Gasteiger partial charge in [0.05, 0.1) is 0 Å². The van der Waals surface area contributed by atoms with E-state index in [0.717, 1.165) is 10.4 Å². The third kappa shape index (κ3) is 2.54. The zero-order chi connectivity index (χ0) is 13.1. The van der Waals surface area contributed by atoms with E-state index in [1.165, 1.54) is 6.20 Å². The van der Waals surface area contributed by atoms with E-state index in [2.05, 4.69) is 27.3 Å². The van der Waals surface area contributed by atoms with Crippen LogP contribution in [0.5, 0.6) is 0 Å². The van der Waals surface area contributed by atoms with Crippen LogP contribution < -0.4 is 5.32 Å². The van der Waals surface area contributed by atoms with E-state index < -0.39 is 0 Å². The minimum atomic E-state index is -0.347. The molecule has 18 heavy (non-hydrogen) atoms. The van der Waals surface area contributed by atoms with E-state index in [4.69, 9.17) is 11.6 Å². The van der Waals surface area contributed by atoms with Gasteiger partial charge in [0, 0.05) is 16.8 Å². The number of aromatic nitrogens is 4. The van der Waals surface area contributed by atoms with E-state index in [1.54, 1.807) is 18.2 Å². The van der Waals surface area contributed by atoms with E-state index >= 15 is 0 Å². The summed E-state index contributed by atoms with van der Waals surface area (Å²) in [6, 6.07) is 5.03. The van der Waals surface area contributed by atoms with Crippen molar-refractivity contribution in [3.8, 4) is 0 Å². The minimum absolute atomic E-state index is 0.108. The van der Waals surface area contributed by atoms with Crippen molar-refractivity contribution >= 4 is 29.7 Å². The normalized spacial score (nSPS) is 10.1. The van der Waals surface area contributed by atoms with Crippen LogP contribution in [0.15, 0.2) is 24.8 Å². The van der Waals surface area contributed by atoms with Crippen LogP contribution in [0.3, 0.4) is 0 Å². The molecule has 2 aromatic rings. The Bertz CT molecular complexity index is 607. The van der Waals surface area contributed by atoms with Crippen molar-refractivity contribution in [1.29, 1.82) is 0 Å². The van der Waals surface area contributed by atoms with Gasteiger partial charge in [-0.3, -0.25) is 10.1 Å². The molecule has 0 aliphatic heterocycles. The Labute approximate surface area is 108 Å². The number of rotatable bonds is 3. The number of carbonyl (C=O) groups excluding carboxylic acids is 1. The standard InChI is InChI=1S/C11H10ClN5O/c1-3-17-15-11(14-16-17)13-10(18)8-5-4-7(2)9(12)6-8/h3-6H,1H2,2H3,(H,13,15,18). The highest BCUT2D eigenvalue weighted by molar-refractivity contribution is 6.31. The second-order valence-electron chi connectivity index (χ2n) is 3.53. The molecule has 1 amide bonds. The van der Waals surface area contributed by atoms with E-state index in [-0.39, 0.29) is 11.9 Å². The maximum Gasteiger partial charge on any atom is 0.270 e. The third-order valence-electron chi connectivity index (χ3n) is 2.25. The van der Waals surface area contributed by atoms with Crippen LogP contribution in [0.2, 0.25) is 5.02 Å². The molecule has 2 rings (SSSR count). The summed E-state index contributed by atoms with van der Waals surface area (Å²) >= 11 is 5.95. The van der Waals surface area contributed by atoms with Crippen LogP contribution in [-0.4, -0.2) is 26.1 Å². The molecule has 6 nitrogen and oxygen atoms in total. The largest absolute Gasteiger partial charge is 0.288 e. The first-order valence-electron chi connectivity index (χ1n) is 5.09. The monoisotopic (exact) mass is 263 g/mol. The molecule has 7 heteroatoms. The topological polar surface area (TPSA) is 72.7 Å². The van der Waals surface area contributed by atoms with Crippen LogP contribution in [0.4, 0.5) is 5.95 Å². The molecule has 1 aromatic carbocycles. The van der Waals surface area contributed by atoms with Gasteiger partial charge in [0.25, 0.3) is 11.9 Å². The number of halogens is 1. The summed E-state index contributed by atoms with van der Waals surface area (Å²) in [7, 11) is 0. The molecule has 0 atom stereocenters. The summed E-state index contributed by atoms with van der Waals surface area (Å²) < 4.78 is 0. The van der Waals surface area contributed by atoms with Crippen molar-refractivity contribution in [1.82, 2.24) is 20.2 Å². The second-order valence-corrected chi connectivity index (χ2v) is 3.94. The molecule has 0 unspecified atom stereocenters. The predicted molar refractivity (Wildman–Crippen MR) is 68.3 cm³/mol. The lowest BCUT2D eigenvalue weighted by Crippen LogP contribution is -2.13. The van der Waals surface area contributed by atoms with Crippen molar-refractivity contribution in [3.05, 3.63) is 40.9 Å². The number of hydrogen-bond acceptors (Lipinski definition) is 4. The molecular weight excluding hydrogens is 254 g/mol. The predicted octanol–water partition coefficient (Wildman–Crippen LogP) is 1.99. The summed E-state index contributed by atoms with van der Waals surface area (Å²) in [6.07, 6.45) is 1.37. The van der Waals surface area contributed by atoms with Gasteiger partial charge in [0.15, 0.2) is 0 Å². The third-order valence-corrected chi connectivity index (χ3v) is 2.66. The zero-order valence-electron chi connectivity index (χ0n) is 9.59. The molecular formula is C11H10ClN5O. The average Bonchev–Trinajstić information content (AvgIpc) is 2.80. The van der Waals surface area contributed by atoms with Crippen LogP contribution in [0.25, 0.3) is 6.20 Å². The lowest BCUT2D eigenvalue weighted by Gasteiger charge is -2.02. The second kappa shape index (κ2) is 4.97. The smallest absolute Gasteiger partial charge is 0.270 e. The molecule has 0 spiro atoms. The highest BCUT2D eigenvalue weighted by Crippen LogP contribution is 2.17.